The molecule has 4 aromatic carbocycles. The fourth-order valence-electron chi connectivity index (χ4n) is 3.88. The van der Waals surface area contributed by atoms with Crippen LogP contribution in [0.15, 0.2) is 70.5 Å². The van der Waals surface area contributed by atoms with E-state index < -0.39 is 86.9 Å². The molecule has 0 saturated carbocycles. The SMILES string of the molecule is O=C([O-])c1cccc2c(S(=O)(=O)[O-])ccc(C(=O)[O-])c12.O=C([O-])c1cccc2c(S(=O)(=O)[O-])ccc(C(=O)[O-])c12.[K+].[Na+].[Na+].[Na+].[Na+]. The Kier molecular flexibility index (Phi) is 22.7. The van der Waals surface area contributed by atoms with Gasteiger partial charge in [-0.1, -0.05) is 48.5 Å². The van der Waals surface area contributed by atoms with Crippen molar-refractivity contribution in [3.63, 3.8) is 0 Å². The predicted octanol–water partition coefficient (Wildman–Crippen LogP) is -18.0. The largest absolute Gasteiger partial charge is 1.00 e. The van der Waals surface area contributed by atoms with Crippen molar-refractivity contribution in [3.05, 3.63) is 82.9 Å². The van der Waals surface area contributed by atoms with Crippen LogP contribution in [0.2, 0.25) is 0 Å². The van der Waals surface area contributed by atoms with Crippen molar-refractivity contribution in [2.24, 2.45) is 0 Å². The first kappa shape index (κ1) is 50.1. The molecule has 0 fully saturated rings. The molecule has 0 spiro atoms. The van der Waals surface area contributed by atoms with Crippen molar-refractivity contribution in [2.45, 2.75) is 9.79 Å². The molecule has 4 aromatic rings. The number of rotatable bonds is 6. The van der Waals surface area contributed by atoms with E-state index >= 15 is 0 Å². The maximum absolute atomic E-state index is 11.1. The van der Waals surface area contributed by atoms with Crippen LogP contribution in [0.1, 0.15) is 41.4 Å². The van der Waals surface area contributed by atoms with Gasteiger partial charge in [0, 0.05) is 43.8 Å². The van der Waals surface area contributed by atoms with Crippen molar-refractivity contribution >= 4 is 65.7 Å². The van der Waals surface area contributed by atoms with Gasteiger partial charge in [0.05, 0.1) is 33.7 Å². The molecule has 0 aliphatic rings. The molecule has 45 heavy (non-hydrogen) atoms. The smallest absolute Gasteiger partial charge is 0.744 e. The summed E-state index contributed by atoms with van der Waals surface area (Å²) < 4.78 is 66.8. The zero-order chi connectivity index (χ0) is 30.2. The number of hydrogen-bond acceptors (Lipinski definition) is 14. The van der Waals surface area contributed by atoms with Crippen LogP contribution in [0.3, 0.4) is 0 Å². The van der Waals surface area contributed by atoms with Gasteiger partial charge >= 0.3 is 170 Å². The summed E-state index contributed by atoms with van der Waals surface area (Å²) in [5.74, 6) is -6.78. The quantitative estimate of drug-likeness (QED) is 0.132. The summed E-state index contributed by atoms with van der Waals surface area (Å²) in [5, 5.41) is 42.6. The minimum atomic E-state index is -4.89. The number of carbonyl (C=O) groups is 4. The van der Waals surface area contributed by atoms with E-state index in [1.165, 1.54) is 12.1 Å². The van der Waals surface area contributed by atoms with Crippen LogP contribution in [-0.4, -0.2) is 49.8 Å². The summed E-state index contributed by atoms with van der Waals surface area (Å²) in [7, 11) is -9.78. The Bertz CT molecular complexity index is 1800. The first-order valence-electron chi connectivity index (χ1n) is 10.4. The number of fused-ring (bicyclic) bond motifs is 2. The van der Waals surface area contributed by atoms with E-state index in [0.717, 1.165) is 48.5 Å². The fourth-order valence-corrected chi connectivity index (χ4v) is 5.22. The van der Waals surface area contributed by atoms with Crippen LogP contribution in [0.4, 0.5) is 0 Å². The number of hydrogen-bond donors (Lipinski definition) is 0. The van der Waals surface area contributed by atoms with Gasteiger partial charge in [0.1, 0.15) is 20.2 Å². The van der Waals surface area contributed by atoms with Gasteiger partial charge < -0.3 is 48.7 Å². The van der Waals surface area contributed by atoms with Gasteiger partial charge in [-0.05, 0) is 12.1 Å². The van der Waals surface area contributed by atoms with Crippen LogP contribution in [0.25, 0.3) is 21.5 Å². The summed E-state index contributed by atoms with van der Waals surface area (Å²) in [5.41, 5.74) is -2.14. The van der Waals surface area contributed by atoms with Gasteiger partial charge in [-0.15, -0.1) is 0 Å². The number of carboxylic acid groups (broad SMARTS) is 4. The Hall–Kier alpha value is 0.736. The molecule has 0 unspecified atom stereocenters. The van der Waals surface area contributed by atoms with Crippen LogP contribution < -0.4 is 190 Å². The Morgan fingerprint density at radius 1 is 0.444 bits per heavy atom. The zero-order valence-electron chi connectivity index (χ0n) is 24.3. The minimum Gasteiger partial charge on any atom is -0.744 e. The Morgan fingerprint density at radius 3 is 0.911 bits per heavy atom. The molecule has 0 bridgehead atoms. The molecule has 0 aliphatic carbocycles. The molecule has 4 rings (SSSR count). The van der Waals surface area contributed by atoms with Crippen LogP contribution >= 0.6 is 0 Å². The van der Waals surface area contributed by atoms with Gasteiger partial charge in [-0.2, -0.15) is 0 Å². The summed E-state index contributed by atoms with van der Waals surface area (Å²) in [6, 6.07) is 9.96. The van der Waals surface area contributed by atoms with E-state index in [9.17, 15) is 65.5 Å². The standard InChI is InChI=1S/2C12H8O7S.K.4Na/c2*13-11(14)7-3-1-2-6-9(20(17,18)19)5-4-8(10(6)7)12(15)16;;;;;/h2*1-5H,(H,13,14)(H,15,16)(H,17,18,19);;;;;/q;;5*+1/p-6. The molecule has 0 aromatic heterocycles. The normalized spacial score (nSPS) is 10.2. The monoisotopic (exact) mass is 717 g/mol. The first-order valence-corrected chi connectivity index (χ1v) is 13.2. The second-order valence-electron chi connectivity index (χ2n) is 7.74. The van der Waals surface area contributed by atoms with Crippen molar-refractivity contribution < 1.29 is 235 Å². The Balaban J connectivity index is -0.000000706. The van der Waals surface area contributed by atoms with Gasteiger partial charge in [0.2, 0.25) is 0 Å². The van der Waals surface area contributed by atoms with Crippen LogP contribution in [-0.2, 0) is 20.2 Å². The maximum Gasteiger partial charge on any atom is 1.00 e. The molecule has 0 radical (unpaired) electrons. The van der Waals surface area contributed by atoms with E-state index in [0.29, 0.717) is 0 Å². The molecule has 21 heteroatoms. The third kappa shape index (κ3) is 11.9. The second kappa shape index (κ2) is 20.4. The predicted molar refractivity (Wildman–Crippen MR) is 121 cm³/mol. The maximum atomic E-state index is 11.1. The van der Waals surface area contributed by atoms with E-state index in [1.54, 1.807) is 0 Å². The Morgan fingerprint density at radius 2 is 0.689 bits per heavy atom. The second-order valence-corrected chi connectivity index (χ2v) is 10.4. The molecule has 0 aliphatic heterocycles. The molecule has 0 heterocycles. The van der Waals surface area contributed by atoms with E-state index in [-0.39, 0.29) is 180 Å². The van der Waals surface area contributed by atoms with Gasteiger partial charge in [-0.3, -0.25) is 0 Å². The molecule has 0 N–H and O–H groups in total. The molecule has 208 valence electrons. The summed E-state index contributed by atoms with van der Waals surface area (Å²) in [4.78, 5) is 42.6. The van der Waals surface area contributed by atoms with E-state index in [4.69, 9.17) is 0 Å². The number of aromatic carboxylic acids is 4. The Labute approximate surface area is 386 Å². The summed E-state index contributed by atoms with van der Waals surface area (Å²) in [6.07, 6.45) is 0. The van der Waals surface area contributed by atoms with Crippen molar-refractivity contribution in [2.75, 3.05) is 0 Å². The topological polar surface area (TPSA) is 275 Å². The van der Waals surface area contributed by atoms with Crippen LogP contribution in [0, 0.1) is 0 Å². The number of benzene rings is 4. The van der Waals surface area contributed by atoms with Crippen molar-refractivity contribution in [3.8, 4) is 0 Å². The van der Waals surface area contributed by atoms with Gasteiger partial charge in [0.25, 0.3) is 0 Å². The van der Waals surface area contributed by atoms with E-state index in [2.05, 4.69) is 0 Å². The minimum absolute atomic E-state index is 0. The van der Waals surface area contributed by atoms with Crippen LogP contribution in [0.5, 0.6) is 0 Å². The van der Waals surface area contributed by atoms with Crippen molar-refractivity contribution in [1.29, 1.82) is 0 Å². The summed E-state index contributed by atoms with van der Waals surface area (Å²) >= 11 is 0. The zero-order valence-corrected chi connectivity index (χ0v) is 37.1. The molecule has 0 saturated heterocycles. The molecule has 0 atom stereocenters. The fraction of sp³-hybridized carbons (Fsp3) is 0. The van der Waals surface area contributed by atoms with E-state index in [1.807, 2.05) is 0 Å². The average Bonchev–Trinajstić information content (AvgIpc) is 2.85. The molecule has 14 nitrogen and oxygen atoms in total. The third-order valence-corrected chi connectivity index (χ3v) is 7.21. The number of carbonyl (C=O) groups excluding carboxylic acids is 4. The molecular formula is C24H10KNa4O14S2-. The van der Waals surface area contributed by atoms with Crippen molar-refractivity contribution in [1.82, 2.24) is 0 Å². The summed E-state index contributed by atoms with van der Waals surface area (Å²) in [6.45, 7) is 0. The average molecular weight is 718 g/mol. The van der Waals surface area contributed by atoms with Gasteiger partial charge in [-0.25, -0.2) is 16.8 Å². The molecule has 0 amide bonds. The number of carboxylic acids is 4. The molecular weight excluding hydrogens is 707 g/mol. The third-order valence-electron chi connectivity index (χ3n) is 5.42. The van der Waals surface area contributed by atoms with Gasteiger partial charge in [0.15, 0.2) is 0 Å². The first-order chi connectivity index (χ1) is 18.5.